The maximum atomic E-state index is 12.0. The lowest BCUT2D eigenvalue weighted by Gasteiger charge is -2.12. The third kappa shape index (κ3) is 3.47. The number of aryl methyl sites for hydroxylation is 1. The molecule has 0 fully saturated rings. The largest absolute Gasteiger partial charge is 0.491 e. The minimum Gasteiger partial charge on any atom is -0.420 e. The van der Waals surface area contributed by atoms with Crippen LogP contribution in [0.1, 0.15) is 30.9 Å². The summed E-state index contributed by atoms with van der Waals surface area (Å²) in [4.78, 5) is 10.6. The maximum Gasteiger partial charge on any atom is 0.491 e. The van der Waals surface area contributed by atoms with Gasteiger partial charge in [-0.1, -0.05) is 19.9 Å². The molecule has 5 heteroatoms. The lowest BCUT2D eigenvalue weighted by Crippen LogP contribution is -2.28. The van der Waals surface area contributed by atoms with E-state index in [9.17, 15) is 18.0 Å². The Morgan fingerprint density at radius 1 is 1.29 bits per heavy atom. The van der Waals surface area contributed by atoms with Crippen LogP contribution >= 0.6 is 0 Å². The first kappa shape index (κ1) is 13.5. The molecule has 0 aromatic heterocycles. The number of carbonyl (C=O) groups is 1. The Hall–Kier alpha value is -1.52. The summed E-state index contributed by atoms with van der Waals surface area (Å²) in [5.41, 5.74) is 1.81. The Bertz CT molecular complexity index is 422. The number of halogens is 3. The van der Waals surface area contributed by atoms with E-state index in [0.717, 1.165) is 11.1 Å². The quantitative estimate of drug-likeness (QED) is 0.588. The van der Waals surface area contributed by atoms with Gasteiger partial charge in [0.05, 0.1) is 0 Å². The van der Waals surface area contributed by atoms with E-state index in [1.54, 1.807) is 13.0 Å². The van der Waals surface area contributed by atoms with Gasteiger partial charge in [0.15, 0.2) is 0 Å². The first-order valence-corrected chi connectivity index (χ1v) is 5.11. The molecule has 0 aliphatic carbocycles. The topological polar surface area (TPSA) is 26.3 Å². The number of esters is 1. The predicted octanol–water partition coefficient (Wildman–Crippen LogP) is 3.59. The Morgan fingerprint density at radius 3 is 2.29 bits per heavy atom. The molecule has 0 aliphatic rings. The lowest BCUT2D eigenvalue weighted by molar-refractivity contribution is -0.189. The zero-order valence-corrected chi connectivity index (χ0v) is 9.76. The third-order valence-electron chi connectivity index (χ3n) is 2.31. The second kappa shape index (κ2) is 4.77. The molecule has 1 rings (SSSR count). The molecule has 1 aromatic rings. The average Bonchev–Trinajstić information content (AvgIpc) is 2.15. The van der Waals surface area contributed by atoms with E-state index in [4.69, 9.17) is 0 Å². The van der Waals surface area contributed by atoms with E-state index in [-0.39, 0.29) is 11.7 Å². The van der Waals surface area contributed by atoms with E-state index in [0.29, 0.717) is 0 Å². The molecule has 0 saturated carbocycles. The Kier molecular flexibility index (Phi) is 3.80. The van der Waals surface area contributed by atoms with Crippen LogP contribution < -0.4 is 4.74 Å². The van der Waals surface area contributed by atoms with Gasteiger partial charge in [-0.2, -0.15) is 13.2 Å². The van der Waals surface area contributed by atoms with Gasteiger partial charge in [0, 0.05) is 0 Å². The number of carbonyl (C=O) groups excluding carboxylic acids is 1. The highest BCUT2D eigenvalue weighted by molar-refractivity contribution is 5.78. The SMILES string of the molecule is Cc1cc(OC(=O)C(F)(F)F)ccc1C(C)C. The van der Waals surface area contributed by atoms with Crippen LogP contribution in [0, 0.1) is 6.92 Å². The van der Waals surface area contributed by atoms with Crippen molar-refractivity contribution in [2.24, 2.45) is 0 Å². The average molecular weight is 246 g/mol. The molecule has 0 spiro atoms. The number of hydrogen-bond donors (Lipinski definition) is 0. The van der Waals surface area contributed by atoms with Crippen LogP contribution in [0.4, 0.5) is 13.2 Å². The molecule has 2 nitrogen and oxygen atoms in total. The van der Waals surface area contributed by atoms with Gasteiger partial charge in [0.2, 0.25) is 0 Å². The molecule has 0 amide bonds. The summed E-state index contributed by atoms with van der Waals surface area (Å²) in [6, 6.07) is 4.46. The van der Waals surface area contributed by atoms with E-state index < -0.39 is 12.1 Å². The fourth-order valence-electron chi connectivity index (χ4n) is 1.52. The van der Waals surface area contributed by atoms with Gasteiger partial charge < -0.3 is 4.74 Å². The summed E-state index contributed by atoms with van der Waals surface area (Å²) >= 11 is 0. The number of rotatable bonds is 2. The van der Waals surface area contributed by atoms with E-state index >= 15 is 0 Å². The molecule has 94 valence electrons. The molecule has 17 heavy (non-hydrogen) atoms. The number of benzene rings is 1. The highest BCUT2D eigenvalue weighted by Gasteiger charge is 2.41. The summed E-state index contributed by atoms with van der Waals surface area (Å²) in [6.45, 7) is 5.72. The van der Waals surface area contributed by atoms with Crippen molar-refractivity contribution in [2.45, 2.75) is 32.9 Å². The van der Waals surface area contributed by atoms with Crippen molar-refractivity contribution in [1.82, 2.24) is 0 Å². The van der Waals surface area contributed by atoms with Gasteiger partial charge >= 0.3 is 12.1 Å². The second-order valence-corrected chi connectivity index (χ2v) is 4.06. The third-order valence-corrected chi connectivity index (χ3v) is 2.31. The molecule has 1 aromatic carbocycles. The van der Waals surface area contributed by atoms with Crippen LogP contribution in [0.25, 0.3) is 0 Å². The predicted molar refractivity (Wildman–Crippen MR) is 57.0 cm³/mol. The van der Waals surface area contributed by atoms with Crippen LogP contribution in [-0.2, 0) is 4.79 Å². The minimum absolute atomic E-state index is 0.0887. The summed E-state index contributed by atoms with van der Waals surface area (Å²) in [6.07, 6.45) is -4.97. The fourth-order valence-corrected chi connectivity index (χ4v) is 1.52. The van der Waals surface area contributed by atoms with E-state index in [1.807, 2.05) is 13.8 Å². The van der Waals surface area contributed by atoms with Gasteiger partial charge in [-0.25, -0.2) is 4.79 Å². The molecule has 0 heterocycles. The van der Waals surface area contributed by atoms with Crippen LogP contribution in [-0.4, -0.2) is 12.1 Å². The van der Waals surface area contributed by atoms with Crippen molar-refractivity contribution < 1.29 is 22.7 Å². The Balaban J connectivity index is 2.89. The summed E-state index contributed by atoms with van der Waals surface area (Å²) in [5, 5.41) is 0. The van der Waals surface area contributed by atoms with Crippen LogP contribution in [0.2, 0.25) is 0 Å². The van der Waals surface area contributed by atoms with Crippen LogP contribution in [0.5, 0.6) is 5.75 Å². The zero-order valence-electron chi connectivity index (χ0n) is 9.76. The summed E-state index contributed by atoms with van der Waals surface area (Å²) < 4.78 is 40.1. The smallest absolute Gasteiger partial charge is 0.420 e. The molecule has 0 radical (unpaired) electrons. The fraction of sp³-hybridized carbons (Fsp3) is 0.417. The first-order valence-electron chi connectivity index (χ1n) is 5.11. The summed E-state index contributed by atoms with van der Waals surface area (Å²) in [5.74, 6) is -2.02. The van der Waals surface area contributed by atoms with Gasteiger partial charge in [-0.3, -0.25) is 0 Å². The number of ether oxygens (including phenoxy) is 1. The molecular weight excluding hydrogens is 233 g/mol. The molecule has 0 N–H and O–H groups in total. The first-order chi connectivity index (χ1) is 7.71. The van der Waals surface area contributed by atoms with Crippen molar-refractivity contribution in [2.75, 3.05) is 0 Å². The van der Waals surface area contributed by atoms with Crippen molar-refractivity contribution in [3.63, 3.8) is 0 Å². The molecule has 0 unspecified atom stereocenters. The van der Waals surface area contributed by atoms with Crippen molar-refractivity contribution in [3.8, 4) is 5.75 Å². The maximum absolute atomic E-state index is 12.0. The lowest BCUT2D eigenvalue weighted by atomic mass is 9.98. The van der Waals surface area contributed by atoms with E-state index in [2.05, 4.69) is 4.74 Å². The van der Waals surface area contributed by atoms with Gasteiger partial charge in [0.25, 0.3) is 0 Å². The molecule has 0 aliphatic heterocycles. The second-order valence-electron chi connectivity index (χ2n) is 4.06. The van der Waals surface area contributed by atoms with E-state index in [1.165, 1.54) is 12.1 Å². The molecular formula is C12H13F3O2. The molecule has 0 bridgehead atoms. The van der Waals surface area contributed by atoms with Crippen molar-refractivity contribution >= 4 is 5.97 Å². The van der Waals surface area contributed by atoms with Gasteiger partial charge in [-0.15, -0.1) is 0 Å². The molecule has 0 atom stereocenters. The normalized spacial score (nSPS) is 11.7. The summed E-state index contributed by atoms with van der Waals surface area (Å²) in [7, 11) is 0. The number of alkyl halides is 3. The monoisotopic (exact) mass is 246 g/mol. The van der Waals surface area contributed by atoms with Crippen LogP contribution in [0.3, 0.4) is 0 Å². The van der Waals surface area contributed by atoms with Gasteiger partial charge in [-0.05, 0) is 36.1 Å². The van der Waals surface area contributed by atoms with Crippen molar-refractivity contribution in [1.29, 1.82) is 0 Å². The number of hydrogen-bond acceptors (Lipinski definition) is 2. The highest BCUT2D eigenvalue weighted by Crippen LogP contribution is 2.25. The van der Waals surface area contributed by atoms with Crippen LogP contribution in [0.15, 0.2) is 18.2 Å². The Morgan fingerprint density at radius 2 is 1.88 bits per heavy atom. The standard InChI is InChI=1S/C12H13F3O2/c1-7(2)10-5-4-9(6-8(10)3)17-11(16)12(13,14)15/h4-7H,1-3H3. The van der Waals surface area contributed by atoms with Gasteiger partial charge in [0.1, 0.15) is 5.75 Å². The van der Waals surface area contributed by atoms with Crippen molar-refractivity contribution in [3.05, 3.63) is 29.3 Å². The molecule has 0 saturated heterocycles. The Labute approximate surface area is 97.4 Å². The zero-order chi connectivity index (χ0) is 13.2. The highest BCUT2D eigenvalue weighted by atomic mass is 19.4. The minimum atomic E-state index is -4.97.